The zero-order valence-electron chi connectivity index (χ0n) is 9.92. The minimum atomic E-state index is -0.00837. The fourth-order valence-electron chi connectivity index (χ4n) is 1.84. The van der Waals surface area contributed by atoms with Crippen molar-refractivity contribution in [1.29, 1.82) is 0 Å². The largest absolute Gasteiger partial charge is 0.465 e. The second-order valence-electron chi connectivity index (χ2n) is 4.75. The Morgan fingerprint density at radius 1 is 1.53 bits per heavy atom. The Morgan fingerprint density at radius 3 is 2.93 bits per heavy atom. The van der Waals surface area contributed by atoms with E-state index in [-0.39, 0.29) is 11.9 Å². The number of rotatable bonds is 5. The summed E-state index contributed by atoms with van der Waals surface area (Å²) < 4.78 is 5.25. The first-order valence-corrected chi connectivity index (χ1v) is 6.07. The van der Waals surface area contributed by atoms with Gasteiger partial charge in [0.25, 0.3) is 0 Å². The predicted molar refractivity (Wildman–Crippen MR) is 60.6 cm³/mol. The van der Waals surface area contributed by atoms with Gasteiger partial charge in [0, 0.05) is 6.54 Å². The van der Waals surface area contributed by atoms with Gasteiger partial charge in [0.1, 0.15) is 0 Å². The van der Waals surface area contributed by atoms with Gasteiger partial charge in [0.05, 0.1) is 12.5 Å². The van der Waals surface area contributed by atoms with E-state index in [0.29, 0.717) is 12.5 Å². The summed E-state index contributed by atoms with van der Waals surface area (Å²) in [6, 6.07) is 0. The first-order valence-electron chi connectivity index (χ1n) is 6.07. The molecule has 1 aliphatic rings. The minimum Gasteiger partial charge on any atom is -0.465 e. The number of hydrogen-bond donors (Lipinski definition) is 1. The van der Waals surface area contributed by atoms with Gasteiger partial charge in [-0.3, -0.25) is 4.79 Å². The van der Waals surface area contributed by atoms with Crippen LogP contribution in [0.4, 0.5) is 0 Å². The van der Waals surface area contributed by atoms with Gasteiger partial charge in [-0.15, -0.1) is 0 Å². The zero-order chi connectivity index (χ0) is 11.1. The molecule has 15 heavy (non-hydrogen) atoms. The number of carbonyl (C=O) groups is 1. The molecular weight excluding hydrogens is 190 g/mol. The lowest BCUT2D eigenvalue weighted by molar-refractivity contribution is -0.149. The molecule has 1 rings (SSSR count). The maximum atomic E-state index is 11.6. The van der Waals surface area contributed by atoms with Crippen molar-refractivity contribution in [2.75, 3.05) is 19.7 Å². The molecular formula is C12H23NO2. The summed E-state index contributed by atoms with van der Waals surface area (Å²) in [5.41, 5.74) is 0. The Labute approximate surface area is 92.6 Å². The van der Waals surface area contributed by atoms with Crippen LogP contribution >= 0.6 is 0 Å². The average Bonchev–Trinajstić information content (AvgIpc) is 2.25. The van der Waals surface area contributed by atoms with E-state index < -0.39 is 0 Å². The van der Waals surface area contributed by atoms with Crippen LogP contribution in [-0.4, -0.2) is 25.7 Å². The molecule has 1 N–H and O–H groups in total. The van der Waals surface area contributed by atoms with Crippen molar-refractivity contribution in [2.45, 2.75) is 39.5 Å². The third-order valence-corrected chi connectivity index (χ3v) is 2.80. The summed E-state index contributed by atoms with van der Waals surface area (Å²) in [6.07, 6.45) is 4.20. The summed E-state index contributed by atoms with van der Waals surface area (Å²) >= 11 is 0. The highest BCUT2D eigenvalue weighted by molar-refractivity contribution is 5.72. The maximum absolute atomic E-state index is 11.6. The van der Waals surface area contributed by atoms with Crippen LogP contribution in [0.1, 0.15) is 39.5 Å². The van der Waals surface area contributed by atoms with Crippen molar-refractivity contribution in [1.82, 2.24) is 5.32 Å². The van der Waals surface area contributed by atoms with Crippen LogP contribution in [0.15, 0.2) is 0 Å². The quantitative estimate of drug-likeness (QED) is 0.560. The Kier molecular flexibility index (Phi) is 5.69. The van der Waals surface area contributed by atoms with Gasteiger partial charge in [-0.2, -0.15) is 0 Å². The van der Waals surface area contributed by atoms with Crippen LogP contribution in [-0.2, 0) is 9.53 Å². The molecule has 1 saturated heterocycles. The fraction of sp³-hybridized carbons (Fsp3) is 0.917. The van der Waals surface area contributed by atoms with Crippen molar-refractivity contribution >= 4 is 5.97 Å². The summed E-state index contributed by atoms with van der Waals surface area (Å²) in [7, 11) is 0. The summed E-state index contributed by atoms with van der Waals surface area (Å²) in [4.78, 5) is 11.6. The molecule has 3 heteroatoms. The van der Waals surface area contributed by atoms with Crippen LogP contribution in [0.5, 0.6) is 0 Å². The van der Waals surface area contributed by atoms with E-state index in [9.17, 15) is 4.79 Å². The molecule has 0 radical (unpaired) electrons. The Balaban J connectivity index is 2.07. The minimum absolute atomic E-state index is 0.00837. The molecule has 88 valence electrons. The molecule has 0 spiro atoms. The predicted octanol–water partition coefficient (Wildman–Crippen LogP) is 1.97. The monoisotopic (exact) mass is 213 g/mol. The smallest absolute Gasteiger partial charge is 0.310 e. The molecule has 1 fully saturated rings. The molecule has 0 aromatic carbocycles. The first-order chi connectivity index (χ1) is 7.20. The highest BCUT2D eigenvalue weighted by Crippen LogP contribution is 2.12. The lowest BCUT2D eigenvalue weighted by atomic mass is 10.0. The molecule has 0 unspecified atom stereocenters. The fourth-order valence-corrected chi connectivity index (χ4v) is 1.84. The SMILES string of the molecule is CC(C)CCCOC(=O)[C@@H]1CCCNC1. The van der Waals surface area contributed by atoms with E-state index in [1.165, 1.54) is 0 Å². The van der Waals surface area contributed by atoms with Crippen LogP contribution < -0.4 is 5.32 Å². The molecule has 1 aliphatic heterocycles. The number of carbonyl (C=O) groups excluding carboxylic acids is 1. The Hall–Kier alpha value is -0.570. The van der Waals surface area contributed by atoms with Crippen molar-refractivity contribution in [3.63, 3.8) is 0 Å². The van der Waals surface area contributed by atoms with E-state index in [2.05, 4.69) is 19.2 Å². The third kappa shape index (κ3) is 5.17. The molecule has 0 aliphatic carbocycles. The van der Waals surface area contributed by atoms with Gasteiger partial charge in [0.2, 0.25) is 0 Å². The van der Waals surface area contributed by atoms with Gasteiger partial charge in [0.15, 0.2) is 0 Å². The topological polar surface area (TPSA) is 38.3 Å². The molecule has 0 bridgehead atoms. The van der Waals surface area contributed by atoms with Gasteiger partial charge >= 0.3 is 5.97 Å². The Bertz CT molecular complexity index is 186. The normalized spacial score (nSPS) is 21.7. The Morgan fingerprint density at radius 2 is 2.33 bits per heavy atom. The van der Waals surface area contributed by atoms with Crippen molar-refractivity contribution in [3.05, 3.63) is 0 Å². The lowest BCUT2D eigenvalue weighted by Crippen LogP contribution is -2.35. The van der Waals surface area contributed by atoms with Gasteiger partial charge < -0.3 is 10.1 Å². The third-order valence-electron chi connectivity index (χ3n) is 2.80. The molecule has 3 nitrogen and oxygen atoms in total. The van der Waals surface area contributed by atoms with Gasteiger partial charge in [-0.1, -0.05) is 13.8 Å². The van der Waals surface area contributed by atoms with Crippen molar-refractivity contribution < 1.29 is 9.53 Å². The number of esters is 1. The van der Waals surface area contributed by atoms with E-state index in [4.69, 9.17) is 4.74 Å². The zero-order valence-corrected chi connectivity index (χ0v) is 9.92. The summed E-state index contributed by atoms with van der Waals surface area (Å²) in [5.74, 6) is 0.781. The number of nitrogens with one attached hydrogen (secondary N) is 1. The molecule has 0 amide bonds. The highest BCUT2D eigenvalue weighted by Gasteiger charge is 2.21. The van der Waals surface area contributed by atoms with Crippen LogP contribution in [0.25, 0.3) is 0 Å². The lowest BCUT2D eigenvalue weighted by Gasteiger charge is -2.21. The maximum Gasteiger partial charge on any atom is 0.310 e. The molecule has 1 atom stereocenters. The molecule has 0 saturated carbocycles. The second kappa shape index (κ2) is 6.83. The average molecular weight is 213 g/mol. The van der Waals surface area contributed by atoms with E-state index in [0.717, 1.165) is 38.8 Å². The van der Waals surface area contributed by atoms with Crippen LogP contribution in [0.3, 0.4) is 0 Å². The standard InChI is InChI=1S/C12H23NO2/c1-10(2)5-4-8-15-12(14)11-6-3-7-13-9-11/h10-11,13H,3-9H2,1-2H3/t11-/m1/s1. The van der Waals surface area contributed by atoms with Crippen LogP contribution in [0, 0.1) is 11.8 Å². The molecule has 0 aromatic rings. The van der Waals surface area contributed by atoms with Gasteiger partial charge in [-0.05, 0) is 38.1 Å². The van der Waals surface area contributed by atoms with Crippen LogP contribution in [0.2, 0.25) is 0 Å². The van der Waals surface area contributed by atoms with E-state index in [1.54, 1.807) is 0 Å². The van der Waals surface area contributed by atoms with E-state index >= 15 is 0 Å². The molecule has 1 heterocycles. The van der Waals surface area contributed by atoms with E-state index in [1.807, 2.05) is 0 Å². The number of piperidine rings is 1. The van der Waals surface area contributed by atoms with Crippen molar-refractivity contribution in [2.24, 2.45) is 11.8 Å². The molecule has 0 aromatic heterocycles. The highest BCUT2D eigenvalue weighted by atomic mass is 16.5. The number of hydrogen-bond acceptors (Lipinski definition) is 3. The summed E-state index contributed by atoms with van der Waals surface area (Å²) in [5, 5.41) is 3.22. The second-order valence-corrected chi connectivity index (χ2v) is 4.75. The van der Waals surface area contributed by atoms with Gasteiger partial charge in [-0.25, -0.2) is 0 Å². The number of ether oxygens (including phenoxy) is 1. The summed E-state index contributed by atoms with van der Waals surface area (Å²) in [6.45, 7) is 6.80. The first kappa shape index (κ1) is 12.5. The van der Waals surface area contributed by atoms with Crippen molar-refractivity contribution in [3.8, 4) is 0 Å².